The first-order valence-electron chi connectivity index (χ1n) is 8.44. The summed E-state index contributed by atoms with van der Waals surface area (Å²) >= 11 is 0. The molecule has 2 aromatic rings. The van der Waals surface area contributed by atoms with E-state index in [-0.39, 0.29) is 24.0 Å². The number of carbonyl (C=O) groups excluding carboxylic acids is 1. The third kappa shape index (κ3) is 3.45. The van der Waals surface area contributed by atoms with Gasteiger partial charge >= 0.3 is 0 Å². The number of hydrogen-bond acceptors (Lipinski definition) is 6. The predicted molar refractivity (Wildman–Crippen MR) is 87.1 cm³/mol. The summed E-state index contributed by atoms with van der Waals surface area (Å²) in [6.45, 7) is 4.56. The quantitative estimate of drug-likeness (QED) is 0.837. The molecule has 1 amide bonds. The first-order chi connectivity index (χ1) is 11.6. The monoisotopic (exact) mass is 332 g/mol. The molecule has 0 aliphatic heterocycles. The molecule has 0 saturated heterocycles. The highest BCUT2D eigenvalue weighted by Gasteiger charge is 2.23. The van der Waals surface area contributed by atoms with Crippen molar-refractivity contribution in [2.45, 2.75) is 64.2 Å². The Labute approximate surface area is 140 Å². The average Bonchev–Trinajstić information content (AvgIpc) is 3.24. The minimum Gasteiger partial charge on any atom is -0.341 e. The molecule has 9 heteroatoms. The van der Waals surface area contributed by atoms with E-state index in [0.717, 1.165) is 31.5 Å². The molecule has 1 saturated carbocycles. The number of nitrogens with two attached hydrogens (primary N) is 1. The smallest absolute Gasteiger partial charge is 0.274 e. The van der Waals surface area contributed by atoms with Crippen LogP contribution >= 0.6 is 0 Å². The Balaban J connectivity index is 1.63. The maximum absolute atomic E-state index is 12.4. The van der Waals surface area contributed by atoms with E-state index in [1.165, 1.54) is 6.33 Å². The van der Waals surface area contributed by atoms with Crippen molar-refractivity contribution in [3.05, 3.63) is 24.0 Å². The van der Waals surface area contributed by atoms with Crippen molar-refractivity contribution in [3.63, 3.8) is 0 Å². The van der Waals surface area contributed by atoms with Crippen LogP contribution in [0, 0.1) is 0 Å². The second-order valence-electron chi connectivity index (χ2n) is 6.28. The summed E-state index contributed by atoms with van der Waals surface area (Å²) < 4.78 is 3.55. The van der Waals surface area contributed by atoms with Crippen LogP contribution < -0.4 is 11.1 Å². The van der Waals surface area contributed by atoms with Crippen LogP contribution in [0.4, 0.5) is 0 Å². The van der Waals surface area contributed by atoms with Gasteiger partial charge in [0.1, 0.15) is 12.2 Å². The van der Waals surface area contributed by atoms with Crippen LogP contribution in [-0.4, -0.2) is 41.7 Å². The predicted octanol–water partition coefficient (Wildman–Crippen LogP) is 0.823. The average molecular weight is 332 g/mol. The van der Waals surface area contributed by atoms with Gasteiger partial charge in [0.05, 0.1) is 18.3 Å². The van der Waals surface area contributed by atoms with E-state index >= 15 is 0 Å². The molecular formula is C15H24N8O. The second-order valence-corrected chi connectivity index (χ2v) is 6.28. The number of nitrogens with one attached hydrogen (secondary N) is 1. The number of nitrogens with zero attached hydrogens (tertiary/aromatic N) is 6. The number of aromatic nitrogens is 6. The van der Waals surface area contributed by atoms with E-state index in [4.69, 9.17) is 5.73 Å². The Bertz CT molecular complexity index is 685. The Hall–Kier alpha value is -2.29. The van der Waals surface area contributed by atoms with Gasteiger partial charge in [-0.3, -0.25) is 4.79 Å². The number of hydrogen-bond donors (Lipinski definition) is 2. The van der Waals surface area contributed by atoms with Crippen molar-refractivity contribution in [2.24, 2.45) is 5.73 Å². The molecule has 0 aromatic carbocycles. The normalized spacial score (nSPS) is 22.3. The number of carbonyl (C=O) groups is 1. The van der Waals surface area contributed by atoms with E-state index in [9.17, 15) is 4.79 Å². The third-order valence-corrected chi connectivity index (χ3v) is 4.54. The Kier molecular flexibility index (Phi) is 4.89. The highest BCUT2D eigenvalue weighted by Crippen LogP contribution is 2.26. The topological polar surface area (TPSA) is 117 Å². The maximum atomic E-state index is 12.4. The molecule has 3 rings (SSSR count). The van der Waals surface area contributed by atoms with Crippen LogP contribution in [0.5, 0.6) is 0 Å². The van der Waals surface area contributed by atoms with Crippen LogP contribution in [0.3, 0.4) is 0 Å². The van der Waals surface area contributed by atoms with Crippen LogP contribution in [-0.2, 0) is 6.54 Å². The van der Waals surface area contributed by atoms with Gasteiger partial charge in [-0.1, -0.05) is 5.21 Å². The van der Waals surface area contributed by atoms with Crippen molar-refractivity contribution >= 4 is 5.91 Å². The van der Waals surface area contributed by atoms with E-state index in [1.54, 1.807) is 15.6 Å². The molecule has 1 atom stereocenters. The molecule has 0 unspecified atom stereocenters. The minimum absolute atomic E-state index is 0.252. The molecule has 0 radical (unpaired) electrons. The van der Waals surface area contributed by atoms with Gasteiger partial charge in [0.15, 0.2) is 5.69 Å². The van der Waals surface area contributed by atoms with Gasteiger partial charge in [-0.15, -0.1) is 5.10 Å². The zero-order valence-corrected chi connectivity index (χ0v) is 14.1. The highest BCUT2D eigenvalue weighted by molar-refractivity contribution is 5.92. The van der Waals surface area contributed by atoms with Gasteiger partial charge in [-0.25, -0.2) is 14.3 Å². The summed E-state index contributed by atoms with van der Waals surface area (Å²) in [5.41, 5.74) is 6.25. The molecule has 2 aromatic heterocycles. The zero-order valence-electron chi connectivity index (χ0n) is 14.1. The lowest BCUT2D eigenvalue weighted by atomic mass is 9.92. The fourth-order valence-electron chi connectivity index (χ4n) is 3.11. The van der Waals surface area contributed by atoms with Crippen molar-refractivity contribution in [2.75, 3.05) is 0 Å². The standard InChI is InChI=1S/C15H24N8O/c1-3-22-14(17-9-18-22)10(2)19-15(24)13-8-23(21-20-13)12-6-4-11(16)5-7-12/h8-12H,3-7,16H2,1-2H3,(H,19,24)/t10-,11?,12?/m0/s1. The number of rotatable bonds is 5. The van der Waals surface area contributed by atoms with Crippen molar-refractivity contribution in [1.82, 2.24) is 35.1 Å². The van der Waals surface area contributed by atoms with Crippen molar-refractivity contribution < 1.29 is 4.79 Å². The molecule has 1 aliphatic carbocycles. The summed E-state index contributed by atoms with van der Waals surface area (Å²) in [6, 6.07) is 0.307. The lowest BCUT2D eigenvalue weighted by Gasteiger charge is -2.25. The zero-order chi connectivity index (χ0) is 17.1. The van der Waals surface area contributed by atoms with Gasteiger partial charge in [0.25, 0.3) is 5.91 Å². The Morgan fingerprint density at radius 1 is 1.42 bits per heavy atom. The number of aryl methyl sites for hydroxylation is 1. The fourth-order valence-corrected chi connectivity index (χ4v) is 3.11. The number of amides is 1. The first-order valence-corrected chi connectivity index (χ1v) is 8.44. The van der Waals surface area contributed by atoms with E-state index in [0.29, 0.717) is 12.2 Å². The summed E-state index contributed by atoms with van der Waals surface area (Å²) in [5.74, 6) is 0.464. The molecule has 2 heterocycles. The lowest BCUT2D eigenvalue weighted by Crippen LogP contribution is -2.29. The SMILES string of the molecule is CCn1ncnc1[C@H](C)NC(=O)c1cn(C2CCC(N)CC2)nn1. The van der Waals surface area contributed by atoms with E-state index < -0.39 is 0 Å². The molecule has 3 N–H and O–H groups in total. The van der Waals surface area contributed by atoms with Crippen molar-refractivity contribution in [1.29, 1.82) is 0 Å². The molecule has 24 heavy (non-hydrogen) atoms. The minimum atomic E-state index is -0.257. The van der Waals surface area contributed by atoms with Crippen molar-refractivity contribution in [3.8, 4) is 0 Å². The molecule has 130 valence electrons. The van der Waals surface area contributed by atoms with Crippen LogP contribution in [0.1, 0.15) is 67.9 Å². The summed E-state index contributed by atoms with van der Waals surface area (Å²) in [7, 11) is 0. The second kappa shape index (κ2) is 7.08. The lowest BCUT2D eigenvalue weighted by molar-refractivity contribution is 0.0932. The summed E-state index contributed by atoms with van der Waals surface area (Å²) in [6.07, 6.45) is 7.12. The molecule has 9 nitrogen and oxygen atoms in total. The largest absolute Gasteiger partial charge is 0.341 e. The van der Waals surface area contributed by atoms with Gasteiger partial charge in [0.2, 0.25) is 0 Å². The van der Waals surface area contributed by atoms with Gasteiger partial charge in [0, 0.05) is 12.6 Å². The third-order valence-electron chi connectivity index (χ3n) is 4.54. The fraction of sp³-hybridized carbons (Fsp3) is 0.667. The Morgan fingerprint density at radius 3 is 2.88 bits per heavy atom. The molecule has 0 spiro atoms. The first kappa shape index (κ1) is 16.6. The maximum Gasteiger partial charge on any atom is 0.274 e. The van der Waals surface area contributed by atoms with Gasteiger partial charge < -0.3 is 11.1 Å². The molecule has 1 fully saturated rings. The van der Waals surface area contributed by atoms with Crippen LogP contribution in [0.15, 0.2) is 12.5 Å². The van der Waals surface area contributed by atoms with Gasteiger partial charge in [-0.05, 0) is 39.5 Å². The Morgan fingerprint density at radius 2 is 2.17 bits per heavy atom. The molecule has 1 aliphatic rings. The van der Waals surface area contributed by atoms with Gasteiger partial charge in [-0.2, -0.15) is 5.10 Å². The van der Waals surface area contributed by atoms with Crippen LogP contribution in [0.25, 0.3) is 0 Å². The summed E-state index contributed by atoms with van der Waals surface area (Å²) in [5, 5.41) is 15.2. The molecule has 0 bridgehead atoms. The summed E-state index contributed by atoms with van der Waals surface area (Å²) in [4.78, 5) is 16.6. The highest BCUT2D eigenvalue weighted by atomic mass is 16.2. The van der Waals surface area contributed by atoms with Crippen LogP contribution in [0.2, 0.25) is 0 Å². The molecular weight excluding hydrogens is 308 g/mol. The van der Waals surface area contributed by atoms with E-state index in [1.807, 2.05) is 13.8 Å². The van der Waals surface area contributed by atoms with E-state index in [2.05, 4.69) is 25.7 Å².